The first-order chi connectivity index (χ1) is 14.3. The molecular weight excluding hydrogens is 422 g/mol. The van der Waals surface area contributed by atoms with Crippen molar-refractivity contribution >= 4 is 25.7 Å². The van der Waals surface area contributed by atoms with Gasteiger partial charge in [0.15, 0.2) is 0 Å². The minimum atomic E-state index is -3.69. The molecule has 9 heteroatoms. The number of hydrogen-bond donors (Lipinski definition) is 2. The molecule has 5 rings (SSSR count). The molecule has 0 spiro atoms. The Balaban J connectivity index is 1.33. The molecule has 1 aromatic heterocycles. The quantitative estimate of drug-likeness (QED) is 0.729. The number of nitrogens with one attached hydrogen (secondary N) is 2. The molecule has 1 aliphatic carbocycles. The van der Waals surface area contributed by atoms with E-state index >= 15 is 0 Å². The third-order valence-corrected chi connectivity index (χ3v) is 9.60. The molecule has 1 saturated carbocycles. The maximum absolute atomic E-state index is 12.7. The van der Waals surface area contributed by atoms with E-state index in [1.165, 1.54) is 18.4 Å². The van der Waals surface area contributed by atoms with Crippen LogP contribution in [0.1, 0.15) is 31.2 Å². The summed E-state index contributed by atoms with van der Waals surface area (Å²) < 4.78 is 51.3. The largest absolute Gasteiger partial charge is 0.366 e. The molecule has 1 unspecified atom stereocenters. The van der Waals surface area contributed by atoms with Crippen molar-refractivity contribution in [1.82, 2.24) is 9.71 Å². The third kappa shape index (κ3) is 3.98. The summed E-state index contributed by atoms with van der Waals surface area (Å²) in [5.74, 6) is 1.74. The van der Waals surface area contributed by atoms with Crippen molar-refractivity contribution in [2.75, 3.05) is 16.8 Å². The average molecular weight is 448 g/mol. The molecule has 1 aromatic carbocycles. The minimum absolute atomic E-state index is 0.0299. The van der Waals surface area contributed by atoms with Gasteiger partial charge in [-0.15, -0.1) is 0 Å². The van der Waals surface area contributed by atoms with Crippen LogP contribution >= 0.6 is 0 Å². The summed E-state index contributed by atoms with van der Waals surface area (Å²) in [6, 6.07) is 9.00. The van der Waals surface area contributed by atoms with E-state index < -0.39 is 19.9 Å². The van der Waals surface area contributed by atoms with Gasteiger partial charge in [-0.3, -0.25) is 0 Å². The summed E-state index contributed by atoms with van der Waals surface area (Å²) in [6.45, 7) is 0. The summed E-state index contributed by atoms with van der Waals surface area (Å²) in [5, 5.41) is 3.53. The van der Waals surface area contributed by atoms with Crippen molar-refractivity contribution in [3.8, 4) is 11.1 Å². The maximum Gasteiger partial charge on any atom is 0.240 e. The Morgan fingerprint density at radius 2 is 1.70 bits per heavy atom. The predicted octanol–water partition coefficient (Wildman–Crippen LogP) is 2.35. The first kappa shape index (κ1) is 20.0. The van der Waals surface area contributed by atoms with Gasteiger partial charge in [0.1, 0.15) is 15.7 Å². The Morgan fingerprint density at radius 1 is 1.00 bits per heavy atom. The van der Waals surface area contributed by atoms with Crippen LogP contribution in [0.4, 0.5) is 5.82 Å². The maximum atomic E-state index is 12.7. The highest BCUT2D eigenvalue weighted by Gasteiger charge is 2.36. The van der Waals surface area contributed by atoms with Crippen LogP contribution in [-0.2, 0) is 26.3 Å². The SMILES string of the molecule is O=S1(=O)CCC(NS(=O)(=O)c2ccc(-c3ccnc4c3CC(C3CC3)N4)cc2)CC1. The molecule has 1 saturated heterocycles. The van der Waals surface area contributed by atoms with Crippen LogP contribution in [-0.4, -0.2) is 45.4 Å². The van der Waals surface area contributed by atoms with E-state index in [9.17, 15) is 16.8 Å². The van der Waals surface area contributed by atoms with Gasteiger partial charge in [-0.05, 0) is 67.3 Å². The Labute approximate surface area is 177 Å². The second kappa shape index (κ2) is 7.32. The van der Waals surface area contributed by atoms with E-state index in [1.807, 2.05) is 18.2 Å². The first-order valence-corrected chi connectivity index (χ1v) is 13.7. The lowest BCUT2D eigenvalue weighted by Gasteiger charge is -2.22. The molecule has 30 heavy (non-hydrogen) atoms. The molecule has 3 heterocycles. The number of sulfone groups is 1. The van der Waals surface area contributed by atoms with E-state index in [2.05, 4.69) is 15.0 Å². The summed E-state index contributed by atoms with van der Waals surface area (Å²) in [5.41, 5.74) is 3.26. The second-order valence-corrected chi connectivity index (χ2v) is 12.6. The highest BCUT2D eigenvalue weighted by atomic mass is 32.2. The molecule has 7 nitrogen and oxygen atoms in total. The second-order valence-electron chi connectivity index (χ2n) is 8.55. The Kier molecular flexibility index (Phi) is 4.87. The lowest BCUT2D eigenvalue weighted by Crippen LogP contribution is -2.40. The van der Waals surface area contributed by atoms with Crippen LogP contribution in [0.15, 0.2) is 41.4 Å². The number of anilines is 1. The number of benzene rings is 1. The van der Waals surface area contributed by atoms with E-state index in [4.69, 9.17) is 0 Å². The fourth-order valence-electron chi connectivity index (χ4n) is 4.43. The van der Waals surface area contributed by atoms with Gasteiger partial charge in [0.05, 0.1) is 16.4 Å². The fourth-order valence-corrected chi connectivity index (χ4v) is 7.23. The van der Waals surface area contributed by atoms with Crippen LogP contribution < -0.4 is 10.0 Å². The molecule has 2 aliphatic heterocycles. The fraction of sp³-hybridized carbons (Fsp3) is 0.476. The Bertz CT molecular complexity index is 1160. The van der Waals surface area contributed by atoms with Gasteiger partial charge in [-0.2, -0.15) is 0 Å². The van der Waals surface area contributed by atoms with Crippen molar-refractivity contribution in [1.29, 1.82) is 0 Å². The monoisotopic (exact) mass is 447 g/mol. The number of nitrogens with zero attached hydrogens (tertiary/aromatic N) is 1. The smallest absolute Gasteiger partial charge is 0.240 e. The van der Waals surface area contributed by atoms with Crippen LogP contribution in [0.3, 0.4) is 0 Å². The lowest BCUT2D eigenvalue weighted by molar-refractivity contribution is 0.505. The lowest BCUT2D eigenvalue weighted by atomic mass is 9.98. The van der Waals surface area contributed by atoms with Gasteiger partial charge in [-0.25, -0.2) is 26.5 Å². The van der Waals surface area contributed by atoms with Gasteiger partial charge in [-0.1, -0.05) is 12.1 Å². The van der Waals surface area contributed by atoms with Gasteiger partial charge >= 0.3 is 0 Å². The molecule has 2 fully saturated rings. The number of hydrogen-bond acceptors (Lipinski definition) is 6. The van der Waals surface area contributed by atoms with E-state index in [1.54, 1.807) is 18.3 Å². The zero-order valence-electron chi connectivity index (χ0n) is 16.5. The third-order valence-electron chi connectivity index (χ3n) is 6.35. The molecule has 2 N–H and O–H groups in total. The summed E-state index contributed by atoms with van der Waals surface area (Å²) in [6.07, 6.45) is 5.92. The van der Waals surface area contributed by atoms with Crippen molar-refractivity contribution in [2.45, 2.75) is 49.1 Å². The molecule has 3 aliphatic rings. The summed E-state index contributed by atoms with van der Waals surface area (Å²) >= 11 is 0. The van der Waals surface area contributed by atoms with E-state index in [0.717, 1.165) is 29.3 Å². The summed E-state index contributed by atoms with van der Waals surface area (Å²) in [7, 11) is -6.72. The van der Waals surface area contributed by atoms with Crippen molar-refractivity contribution < 1.29 is 16.8 Å². The highest BCUT2D eigenvalue weighted by Crippen LogP contribution is 2.42. The van der Waals surface area contributed by atoms with E-state index in [0.29, 0.717) is 18.9 Å². The molecule has 160 valence electrons. The van der Waals surface area contributed by atoms with Crippen LogP contribution in [0.25, 0.3) is 11.1 Å². The number of fused-ring (bicyclic) bond motifs is 1. The zero-order valence-corrected chi connectivity index (χ0v) is 18.2. The predicted molar refractivity (Wildman–Crippen MR) is 116 cm³/mol. The number of pyridine rings is 1. The number of rotatable bonds is 5. The van der Waals surface area contributed by atoms with Gasteiger partial charge in [0.25, 0.3) is 0 Å². The van der Waals surface area contributed by atoms with Gasteiger partial charge < -0.3 is 5.32 Å². The topological polar surface area (TPSA) is 105 Å². The summed E-state index contributed by atoms with van der Waals surface area (Å²) in [4.78, 5) is 4.67. The average Bonchev–Trinajstić information content (AvgIpc) is 3.48. The van der Waals surface area contributed by atoms with Gasteiger partial charge in [0.2, 0.25) is 10.0 Å². The normalized spacial score (nSPS) is 23.7. The molecule has 0 amide bonds. The zero-order chi connectivity index (χ0) is 20.9. The molecular formula is C21H25N3O4S2. The molecule has 0 bridgehead atoms. The number of sulfonamides is 1. The molecule has 1 atom stereocenters. The van der Waals surface area contributed by atoms with Crippen molar-refractivity contribution in [3.63, 3.8) is 0 Å². The van der Waals surface area contributed by atoms with Crippen molar-refractivity contribution in [2.24, 2.45) is 5.92 Å². The Morgan fingerprint density at radius 3 is 2.37 bits per heavy atom. The van der Waals surface area contributed by atoms with Crippen LogP contribution in [0.2, 0.25) is 0 Å². The van der Waals surface area contributed by atoms with Crippen LogP contribution in [0.5, 0.6) is 0 Å². The Hall–Kier alpha value is -1.97. The van der Waals surface area contributed by atoms with Gasteiger partial charge in [0, 0.05) is 23.8 Å². The van der Waals surface area contributed by atoms with Crippen LogP contribution in [0, 0.1) is 5.92 Å². The minimum Gasteiger partial charge on any atom is -0.366 e. The standard InChI is InChI=1S/C21H25N3O4S2/c25-29(26)11-8-16(9-12-29)24-30(27,28)17-5-3-14(4-6-17)18-7-10-22-21-19(18)13-20(23-21)15-1-2-15/h3-7,10,15-16,20,24H,1-2,8-9,11-13H2,(H,22,23). The van der Waals surface area contributed by atoms with E-state index in [-0.39, 0.29) is 22.4 Å². The number of aromatic nitrogens is 1. The van der Waals surface area contributed by atoms with Crippen molar-refractivity contribution in [3.05, 3.63) is 42.1 Å². The molecule has 0 radical (unpaired) electrons. The first-order valence-electron chi connectivity index (χ1n) is 10.4. The highest BCUT2D eigenvalue weighted by molar-refractivity contribution is 7.91. The molecule has 2 aromatic rings.